The molecule has 0 atom stereocenters. The van der Waals surface area contributed by atoms with Gasteiger partial charge in [0.2, 0.25) is 0 Å². The number of rotatable bonds is 0. The van der Waals surface area contributed by atoms with Gasteiger partial charge >= 0.3 is 0 Å². The molecule has 4 saturated carbocycles. The smallest absolute Gasteiger partial charge is 0.0346 e. The van der Waals surface area contributed by atoms with Crippen molar-refractivity contribution in [1.29, 1.82) is 0 Å². The van der Waals surface area contributed by atoms with E-state index in [9.17, 15) is 0 Å². The highest BCUT2D eigenvalue weighted by Gasteiger charge is 2.54. The van der Waals surface area contributed by atoms with E-state index in [4.69, 9.17) is 0 Å². The fourth-order valence-corrected chi connectivity index (χ4v) is 5.10. The van der Waals surface area contributed by atoms with Crippen LogP contribution in [0.25, 0.3) is 0 Å². The molecule has 0 unspecified atom stereocenters. The predicted molar refractivity (Wildman–Crippen MR) is 78.5 cm³/mol. The molecule has 0 N–H and O–H groups in total. The zero-order valence-corrected chi connectivity index (χ0v) is 11.7. The molecule has 4 bridgehead atoms. The first-order valence-electron chi connectivity index (χ1n) is 7.82. The van der Waals surface area contributed by atoms with Crippen LogP contribution in [-0.4, -0.2) is 0 Å². The van der Waals surface area contributed by atoms with Crippen molar-refractivity contribution < 1.29 is 0 Å². The fourth-order valence-electron chi connectivity index (χ4n) is 5.10. The van der Waals surface area contributed by atoms with Gasteiger partial charge in [0.05, 0.1) is 0 Å². The molecule has 1 aromatic carbocycles. The van der Waals surface area contributed by atoms with Crippen LogP contribution in [0, 0.1) is 40.9 Å². The van der Waals surface area contributed by atoms with Crippen LogP contribution in [-0.2, 0) is 0 Å². The minimum atomic E-state index is 0.295. The summed E-state index contributed by atoms with van der Waals surface area (Å²) in [6.07, 6.45) is 7.33. The molecule has 1 aromatic rings. The molecule has 0 aliphatic heterocycles. The molecule has 4 aliphatic carbocycles. The summed E-state index contributed by atoms with van der Waals surface area (Å²) >= 11 is 0. The summed E-state index contributed by atoms with van der Waals surface area (Å²) in [4.78, 5) is 0. The highest BCUT2D eigenvalue weighted by Crippen LogP contribution is 2.61. The molecular formula is C19H22. The van der Waals surface area contributed by atoms with Gasteiger partial charge < -0.3 is 0 Å². The summed E-state index contributed by atoms with van der Waals surface area (Å²) in [5, 5.41) is 0. The van der Waals surface area contributed by atoms with Crippen LogP contribution in [0.4, 0.5) is 0 Å². The van der Waals surface area contributed by atoms with Crippen LogP contribution >= 0.6 is 0 Å². The van der Waals surface area contributed by atoms with Gasteiger partial charge in [-0.25, -0.2) is 0 Å². The van der Waals surface area contributed by atoms with Crippen LogP contribution in [0.5, 0.6) is 0 Å². The quantitative estimate of drug-likeness (QED) is 0.595. The van der Waals surface area contributed by atoms with Gasteiger partial charge in [-0.05, 0) is 74.8 Å². The Morgan fingerprint density at radius 2 is 1.47 bits per heavy atom. The largest absolute Gasteiger partial charge is 0.0908 e. The first-order valence-corrected chi connectivity index (χ1v) is 7.82. The topological polar surface area (TPSA) is 0 Å². The molecule has 0 spiro atoms. The van der Waals surface area contributed by atoms with Gasteiger partial charge in [-0.1, -0.05) is 30.0 Å². The van der Waals surface area contributed by atoms with Crippen molar-refractivity contribution in [2.24, 2.45) is 29.1 Å². The lowest BCUT2D eigenvalue weighted by molar-refractivity contribution is -0.0654. The van der Waals surface area contributed by atoms with Crippen molar-refractivity contribution in [3.8, 4) is 11.8 Å². The Kier molecular flexibility index (Phi) is 2.52. The van der Waals surface area contributed by atoms with E-state index < -0.39 is 0 Å². The third-order valence-corrected chi connectivity index (χ3v) is 6.08. The standard InChI is InChI=1S/C19H22/c1-19(8-7-14-5-3-2-4-6-14)17-10-15-9-16(12-17)13-18(19)11-15/h2-6,15-18H,9-13H2,1H3. The van der Waals surface area contributed by atoms with Gasteiger partial charge in [0, 0.05) is 11.0 Å². The maximum atomic E-state index is 3.71. The minimum Gasteiger partial charge on any atom is -0.0908 e. The Labute approximate surface area is 116 Å². The molecule has 0 nitrogen and oxygen atoms in total. The molecule has 0 heterocycles. The summed E-state index contributed by atoms with van der Waals surface area (Å²) in [7, 11) is 0. The number of hydrogen-bond donors (Lipinski definition) is 0. The molecule has 0 radical (unpaired) electrons. The van der Waals surface area contributed by atoms with Crippen molar-refractivity contribution in [3.63, 3.8) is 0 Å². The second-order valence-electron chi connectivity index (χ2n) is 7.20. The SMILES string of the molecule is CC1(C#Cc2ccccc2)C2CC3CC(C2)CC1C3. The average molecular weight is 250 g/mol. The molecule has 4 aliphatic rings. The molecular weight excluding hydrogens is 228 g/mol. The van der Waals surface area contributed by atoms with E-state index in [0.29, 0.717) is 5.41 Å². The molecule has 5 rings (SSSR count). The normalized spacial score (nSPS) is 42.8. The molecule has 19 heavy (non-hydrogen) atoms. The Bertz CT molecular complexity index is 500. The number of benzene rings is 1. The summed E-state index contributed by atoms with van der Waals surface area (Å²) in [6.45, 7) is 2.45. The zero-order valence-electron chi connectivity index (χ0n) is 11.7. The van der Waals surface area contributed by atoms with Crippen molar-refractivity contribution in [2.75, 3.05) is 0 Å². The third-order valence-electron chi connectivity index (χ3n) is 6.08. The predicted octanol–water partition coefficient (Wildman–Crippen LogP) is 4.50. The average Bonchev–Trinajstić information content (AvgIpc) is 2.43. The zero-order chi connectivity index (χ0) is 12.9. The molecule has 4 fully saturated rings. The van der Waals surface area contributed by atoms with Gasteiger partial charge in [-0.3, -0.25) is 0 Å². The summed E-state index contributed by atoms with van der Waals surface area (Å²) < 4.78 is 0. The van der Waals surface area contributed by atoms with Gasteiger partial charge in [0.25, 0.3) is 0 Å². The van der Waals surface area contributed by atoms with Gasteiger partial charge in [-0.2, -0.15) is 0 Å². The van der Waals surface area contributed by atoms with E-state index in [1.54, 1.807) is 0 Å². The van der Waals surface area contributed by atoms with E-state index in [1.807, 2.05) is 0 Å². The maximum Gasteiger partial charge on any atom is 0.0346 e. The van der Waals surface area contributed by atoms with Crippen LogP contribution in [0.1, 0.15) is 44.6 Å². The maximum absolute atomic E-state index is 3.71. The van der Waals surface area contributed by atoms with E-state index in [1.165, 1.54) is 37.7 Å². The van der Waals surface area contributed by atoms with E-state index in [-0.39, 0.29) is 0 Å². The van der Waals surface area contributed by atoms with E-state index in [2.05, 4.69) is 49.1 Å². The van der Waals surface area contributed by atoms with Crippen LogP contribution < -0.4 is 0 Å². The van der Waals surface area contributed by atoms with E-state index >= 15 is 0 Å². The summed E-state index contributed by atoms with van der Waals surface area (Å²) in [5.41, 5.74) is 1.47. The van der Waals surface area contributed by atoms with Crippen molar-refractivity contribution in [3.05, 3.63) is 35.9 Å². The van der Waals surface area contributed by atoms with Crippen LogP contribution in [0.3, 0.4) is 0 Å². The molecule has 98 valence electrons. The number of hydrogen-bond acceptors (Lipinski definition) is 0. The monoisotopic (exact) mass is 250 g/mol. The Morgan fingerprint density at radius 1 is 0.895 bits per heavy atom. The van der Waals surface area contributed by atoms with Gasteiger partial charge in [-0.15, -0.1) is 0 Å². The first kappa shape index (κ1) is 11.6. The first-order chi connectivity index (χ1) is 9.24. The Hall–Kier alpha value is -1.22. The lowest BCUT2D eigenvalue weighted by atomic mass is 9.46. The van der Waals surface area contributed by atoms with Crippen LogP contribution in [0.15, 0.2) is 30.3 Å². The lowest BCUT2D eigenvalue weighted by Gasteiger charge is -2.58. The van der Waals surface area contributed by atoms with Gasteiger partial charge in [0.1, 0.15) is 0 Å². The highest BCUT2D eigenvalue weighted by atomic mass is 14.6. The second-order valence-corrected chi connectivity index (χ2v) is 7.20. The summed E-state index contributed by atoms with van der Waals surface area (Å²) in [6, 6.07) is 10.5. The van der Waals surface area contributed by atoms with Crippen molar-refractivity contribution in [1.82, 2.24) is 0 Å². The Balaban J connectivity index is 1.65. The molecule has 0 heteroatoms. The Morgan fingerprint density at radius 3 is 2.05 bits per heavy atom. The molecule has 0 saturated heterocycles. The lowest BCUT2D eigenvalue weighted by Crippen LogP contribution is -2.50. The summed E-state index contributed by atoms with van der Waals surface area (Å²) in [5.74, 6) is 11.0. The molecule has 0 amide bonds. The molecule has 0 aromatic heterocycles. The van der Waals surface area contributed by atoms with Crippen LogP contribution in [0.2, 0.25) is 0 Å². The van der Waals surface area contributed by atoms with Crippen molar-refractivity contribution >= 4 is 0 Å². The minimum absolute atomic E-state index is 0.295. The second kappa shape index (κ2) is 4.14. The highest BCUT2D eigenvalue weighted by molar-refractivity contribution is 5.36. The fraction of sp³-hybridized carbons (Fsp3) is 0.579. The van der Waals surface area contributed by atoms with Gasteiger partial charge in [0.15, 0.2) is 0 Å². The third kappa shape index (κ3) is 1.83. The van der Waals surface area contributed by atoms with Crippen molar-refractivity contribution in [2.45, 2.75) is 39.0 Å². The van der Waals surface area contributed by atoms with E-state index in [0.717, 1.165) is 23.7 Å².